The van der Waals surface area contributed by atoms with Gasteiger partial charge in [0.1, 0.15) is 23.0 Å². The van der Waals surface area contributed by atoms with Crippen LogP contribution in [0.3, 0.4) is 0 Å². The smallest absolute Gasteiger partial charge is 0.240 e. The number of unbranched alkanes of at least 4 members (excludes halogenated alkanes) is 5. The van der Waals surface area contributed by atoms with Gasteiger partial charge in [-0.1, -0.05) is 25.7 Å². The molecule has 182 valence electrons. The Morgan fingerprint density at radius 1 is 0.647 bits per heavy atom. The monoisotopic (exact) mass is 470 g/mol. The predicted octanol–water partition coefficient (Wildman–Crippen LogP) is 3.23. The Hall–Kier alpha value is -4.08. The Morgan fingerprint density at radius 2 is 1.03 bits per heavy atom. The highest BCUT2D eigenvalue weighted by molar-refractivity contribution is 5.86. The Balaban J connectivity index is 1.48. The second-order valence-electron chi connectivity index (χ2n) is 7.69. The molecule has 10 nitrogen and oxygen atoms in total. The van der Waals surface area contributed by atoms with Crippen LogP contribution < -0.4 is 10.9 Å². The summed E-state index contributed by atoms with van der Waals surface area (Å²) in [5.74, 6) is -0.796. The van der Waals surface area contributed by atoms with Crippen LogP contribution in [0.5, 0.6) is 23.0 Å². The van der Waals surface area contributed by atoms with Crippen LogP contribution in [0.4, 0.5) is 0 Å². The molecule has 0 bridgehead atoms. The summed E-state index contributed by atoms with van der Waals surface area (Å²) in [6.45, 7) is 0. The Labute approximate surface area is 197 Å². The molecule has 2 aromatic rings. The molecule has 0 fully saturated rings. The maximum atomic E-state index is 11.8. The zero-order chi connectivity index (χ0) is 24.8. The summed E-state index contributed by atoms with van der Waals surface area (Å²) < 4.78 is 0. The first-order valence-corrected chi connectivity index (χ1v) is 11.0. The summed E-state index contributed by atoms with van der Waals surface area (Å²) in [6, 6.07) is 8.18. The van der Waals surface area contributed by atoms with Gasteiger partial charge in [0.15, 0.2) is 0 Å². The third-order valence-corrected chi connectivity index (χ3v) is 4.87. The van der Waals surface area contributed by atoms with Gasteiger partial charge in [-0.15, -0.1) is 0 Å². The van der Waals surface area contributed by atoms with Crippen molar-refractivity contribution in [3.63, 3.8) is 0 Å². The van der Waals surface area contributed by atoms with Crippen molar-refractivity contribution < 1.29 is 30.0 Å². The van der Waals surface area contributed by atoms with Crippen molar-refractivity contribution in [3.8, 4) is 23.0 Å². The van der Waals surface area contributed by atoms with Gasteiger partial charge in [0.2, 0.25) is 11.8 Å². The predicted molar refractivity (Wildman–Crippen MR) is 128 cm³/mol. The molecule has 2 rings (SSSR count). The highest BCUT2D eigenvalue weighted by Crippen LogP contribution is 2.21. The summed E-state index contributed by atoms with van der Waals surface area (Å²) in [5, 5.41) is 45.3. The van der Waals surface area contributed by atoms with E-state index in [1.54, 1.807) is 0 Å². The van der Waals surface area contributed by atoms with Crippen molar-refractivity contribution in [1.82, 2.24) is 10.9 Å². The fourth-order valence-corrected chi connectivity index (χ4v) is 3.02. The fraction of sp³-hybridized carbons (Fsp3) is 0.333. The van der Waals surface area contributed by atoms with Crippen LogP contribution in [0.15, 0.2) is 46.6 Å². The van der Waals surface area contributed by atoms with E-state index < -0.39 is 0 Å². The first-order chi connectivity index (χ1) is 16.3. The van der Waals surface area contributed by atoms with Crippen LogP contribution in [0.25, 0.3) is 0 Å². The van der Waals surface area contributed by atoms with E-state index in [-0.39, 0.29) is 34.8 Å². The molecule has 2 amide bonds. The Bertz CT molecular complexity index is 941. The van der Waals surface area contributed by atoms with Crippen molar-refractivity contribution in [3.05, 3.63) is 47.5 Å². The van der Waals surface area contributed by atoms with Crippen LogP contribution >= 0.6 is 0 Å². The maximum absolute atomic E-state index is 11.8. The number of hydrogen-bond donors (Lipinski definition) is 6. The molecule has 34 heavy (non-hydrogen) atoms. The number of nitrogens with zero attached hydrogens (tertiary/aromatic N) is 2. The number of amides is 2. The Morgan fingerprint density at radius 3 is 1.41 bits per heavy atom. The minimum absolute atomic E-state index is 0.0556. The molecule has 0 heterocycles. The summed E-state index contributed by atoms with van der Waals surface area (Å²) in [6.07, 6.45) is 8.46. The lowest BCUT2D eigenvalue weighted by Crippen LogP contribution is -2.17. The average molecular weight is 471 g/mol. The Kier molecular flexibility index (Phi) is 10.9. The van der Waals surface area contributed by atoms with Crippen LogP contribution in [0.2, 0.25) is 0 Å². The number of rotatable bonds is 13. The van der Waals surface area contributed by atoms with E-state index >= 15 is 0 Å². The molecule has 0 saturated heterocycles. The van der Waals surface area contributed by atoms with E-state index in [0.717, 1.165) is 38.5 Å². The number of carbonyl (C=O) groups excluding carboxylic acids is 2. The van der Waals surface area contributed by atoms with E-state index in [0.29, 0.717) is 24.0 Å². The van der Waals surface area contributed by atoms with Gasteiger partial charge in [-0.25, -0.2) is 10.9 Å². The highest BCUT2D eigenvalue weighted by Gasteiger charge is 2.03. The van der Waals surface area contributed by atoms with Gasteiger partial charge < -0.3 is 20.4 Å². The lowest BCUT2D eigenvalue weighted by molar-refractivity contribution is -0.122. The van der Waals surface area contributed by atoms with E-state index in [1.807, 2.05) is 0 Å². The number of hydrogen-bond acceptors (Lipinski definition) is 8. The first kappa shape index (κ1) is 26.2. The van der Waals surface area contributed by atoms with Crippen LogP contribution in [-0.2, 0) is 9.59 Å². The summed E-state index contributed by atoms with van der Waals surface area (Å²) in [4.78, 5) is 23.6. The van der Waals surface area contributed by atoms with Crippen LogP contribution in [-0.4, -0.2) is 44.7 Å². The molecule has 0 saturated carbocycles. The van der Waals surface area contributed by atoms with E-state index in [9.17, 15) is 30.0 Å². The minimum Gasteiger partial charge on any atom is -0.508 e. The maximum Gasteiger partial charge on any atom is 0.240 e. The third-order valence-electron chi connectivity index (χ3n) is 4.87. The van der Waals surface area contributed by atoms with Crippen molar-refractivity contribution in [2.45, 2.75) is 51.4 Å². The second kappa shape index (κ2) is 14.1. The van der Waals surface area contributed by atoms with Gasteiger partial charge in [-0.3, -0.25) is 9.59 Å². The molecular weight excluding hydrogens is 440 g/mol. The third kappa shape index (κ3) is 10.0. The molecule has 0 aliphatic carbocycles. The standard InChI is InChI=1S/C24H30N4O6/c29-19-11-9-17(21(31)13-19)15-25-27-23(33)7-5-3-1-2-4-6-8-24(34)28-26-16-18-10-12-20(30)14-22(18)32/h9-16,29-32H,1-8H2,(H,27,33)(H,28,34). The SMILES string of the molecule is O=C(CCCCCCCCC(=O)NN=Cc1ccc(O)cc1O)NN=Cc1ccc(O)cc1O. The van der Waals surface area contributed by atoms with Gasteiger partial charge in [-0.2, -0.15) is 10.2 Å². The van der Waals surface area contributed by atoms with Gasteiger partial charge in [0.05, 0.1) is 12.4 Å². The zero-order valence-electron chi connectivity index (χ0n) is 18.8. The summed E-state index contributed by atoms with van der Waals surface area (Å²) in [5.41, 5.74) is 5.58. The molecule has 10 heteroatoms. The van der Waals surface area contributed by atoms with E-state index in [2.05, 4.69) is 21.1 Å². The highest BCUT2D eigenvalue weighted by atomic mass is 16.3. The van der Waals surface area contributed by atoms with E-state index in [1.165, 1.54) is 48.8 Å². The topological polar surface area (TPSA) is 164 Å². The molecular formula is C24H30N4O6. The van der Waals surface area contributed by atoms with Crippen molar-refractivity contribution in [2.24, 2.45) is 10.2 Å². The second-order valence-corrected chi connectivity index (χ2v) is 7.69. The molecule has 0 spiro atoms. The zero-order valence-corrected chi connectivity index (χ0v) is 18.8. The largest absolute Gasteiger partial charge is 0.508 e. The fourth-order valence-electron chi connectivity index (χ4n) is 3.02. The van der Waals surface area contributed by atoms with Crippen LogP contribution in [0.1, 0.15) is 62.5 Å². The lowest BCUT2D eigenvalue weighted by Gasteiger charge is -2.03. The average Bonchev–Trinajstić information content (AvgIpc) is 2.78. The quantitative estimate of drug-likeness (QED) is 0.149. The van der Waals surface area contributed by atoms with E-state index in [4.69, 9.17) is 0 Å². The van der Waals surface area contributed by atoms with Crippen molar-refractivity contribution in [2.75, 3.05) is 0 Å². The number of carbonyl (C=O) groups is 2. The number of phenolic OH excluding ortho intramolecular Hbond substituents is 4. The summed E-state index contributed by atoms with van der Waals surface area (Å²) in [7, 11) is 0. The van der Waals surface area contributed by atoms with Crippen molar-refractivity contribution in [1.29, 1.82) is 0 Å². The molecule has 6 N–H and O–H groups in total. The molecule has 0 aliphatic rings. The molecule has 0 unspecified atom stereocenters. The lowest BCUT2D eigenvalue weighted by atomic mass is 10.1. The van der Waals surface area contributed by atoms with Gasteiger partial charge >= 0.3 is 0 Å². The van der Waals surface area contributed by atoms with Crippen molar-refractivity contribution >= 4 is 24.2 Å². The van der Waals surface area contributed by atoms with Gasteiger partial charge in [0.25, 0.3) is 0 Å². The first-order valence-electron chi connectivity index (χ1n) is 11.0. The number of phenols is 4. The molecule has 0 atom stereocenters. The molecule has 2 aromatic carbocycles. The van der Waals surface area contributed by atoms with Gasteiger partial charge in [-0.05, 0) is 37.1 Å². The number of nitrogens with one attached hydrogen (secondary N) is 2. The summed E-state index contributed by atoms with van der Waals surface area (Å²) >= 11 is 0. The normalized spacial score (nSPS) is 11.2. The molecule has 0 radical (unpaired) electrons. The molecule has 0 aromatic heterocycles. The van der Waals surface area contributed by atoms with Gasteiger partial charge in [0, 0.05) is 36.1 Å². The number of hydrazone groups is 2. The minimum atomic E-state index is -0.215. The molecule has 0 aliphatic heterocycles. The number of aromatic hydroxyl groups is 4. The van der Waals surface area contributed by atoms with Crippen LogP contribution in [0, 0.1) is 0 Å². The number of benzene rings is 2.